The van der Waals surface area contributed by atoms with Gasteiger partial charge in [0.1, 0.15) is 17.3 Å². The maximum atomic E-state index is 12.9. The van der Waals surface area contributed by atoms with E-state index >= 15 is 0 Å². The molecule has 0 aliphatic heterocycles. The summed E-state index contributed by atoms with van der Waals surface area (Å²) in [4.78, 5) is 0.867. The first-order valence-electron chi connectivity index (χ1n) is 6.72. The van der Waals surface area contributed by atoms with Crippen molar-refractivity contribution in [1.29, 1.82) is 0 Å². The third-order valence-electron chi connectivity index (χ3n) is 2.72. The molecule has 0 unspecified atom stereocenters. The van der Waals surface area contributed by atoms with Crippen molar-refractivity contribution in [2.24, 2.45) is 0 Å². The first-order valence-corrected chi connectivity index (χ1v) is 7.71. The minimum absolute atomic E-state index is 0.317. The Kier molecular flexibility index (Phi) is 5.75. The smallest absolute Gasteiger partial charge is 0.125 e. The van der Waals surface area contributed by atoms with Crippen LogP contribution >= 0.6 is 11.8 Å². The molecule has 0 aliphatic rings. The van der Waals surface area contributed by atoms with E-state index in [1.54, 1.807) is 17.8 Å². The molecule has 0 amide bonds. The van der Waals surface area contributed by atoms with Crippen LogP contribution in [0.5, 0.6) is 11.5 Å². The van der Waals surface area contributed by atoms with E-state index in [0.29, 0.717) is 18.9 Å². The molecule has 2 aromatic carbocycles. The molecule has 0 heterocycles. The molecule has 0 bridgehead atoms. The molecule has 0 aliphatic carbocycles. The molecule has 0 spiro atoms. The van der Waals surface area contributed by atoms with E-state index in [4.69, 9.17) is 15.2 Å². The first-order chi connectivity index (χ1) is 10.2. The largest absolute Gasteiger partial charge is 0.494 e. The van der Waals surface area contributed by atoms with Gasteiger partial charge in [0.05, 0.1) is 13.2 Å². The zero-order valence-corrected chi connectivity index (χ0v) is 12.7. The SMILES string of the molecule is CCOc1ccc(OCCSc2ccc(F)cc2N)cc1. The Bertz CT molecular complexity index is 575. The van der Waals surface area contributed by atoms with Crippen molar-refractivity contribution in [3.05, 3.63) is 48.3 Å². The summed E-state index contributed by atoms with van der Waals surface area (Å²) in [6.45, 7) is 3.15. The van der Waals surface area contributed by atoms with Gasteiger partial charge in [-0.3, -0.25) is 0 Å². The third-order valence-corrected chi connectivity index (χ3v) is 3.77. The molecule has 0 radical (unpaired) electrons. The van der Waals surface area contributed by atoms with Crippen LogP contribution in [0.3, 0.4) is 0 Å². The average molecular weight is 307 g/mol. The number of hydrogen-bond donors (Lipinski definition) is 1. The molecular weight excluding hydrogens is 289 g/mol. The zero-order chi connectivity index (χ0) is 15.1. The van der Waals surface area contributed by atoms with Crippen LogP contribution in [-0.4, -0.2) is 19.0 Å². The second-order valence-electron chi connectivity index (χ2n) is 4.28. The van der Waals surface area contributed by atoms with Crippen LogP contribution in [0.1, 0.15) is 6.92 Å². The minimum atomic E-state index is -0.317. The number of benzene rings is 2. The second kappa shape index (κ2) is 7.78. The number of anilines is 1. The summed E-state index contributed by atoms with van der Waals surface area (Å²) in [5, 5.41) is 0. The summed E-state index contributed by atoms with van der Waals surface area (Å²) >= 11 is 1.54. The molecular formula is C16H18FNO2S. The van der Waals surface area contributed by atoms with Crippen molar-refractivity contribution in [2.75, 3.05) is 24.7 Å². The molecule has 2 N–H and O–H groups in total. The molecule has 2 rings (SSSR count). The van der Waals surface area contributed by atoms with E-state index in [9.17, 15) is 4.39 Å². The number of nitrogen functional groups attached to an aromatic ring is 1. The average Bonchev–Trinajstić information content (AvgIpc) is 2.47. The van der Waals surface area contributed by atoms with Crippen molar-refractivity contribution in [1.82, 2.24) is 0 Å². The summed E-state index contributed by atoms with van der Waals surface area (Å²) in [5.74, 6) is 2.05. The summed E-state index contributed by atoms with van der Waals surface area (Å²) < 4.78 is 23.9. The van der Waals surface area contributed by atoms with Crippen molar-refractivity contribution in [3.8, 4) is 11.5 Å². The third kappa shape index (κ3) is 4.86. The van der Waals surface area contributed by atoms with Crippen LogP contribution < -0.4 is 15.2 Å². The van der Waals surface area contributed by atoms with Gasteiger partial charge in [0.25, 0.3) is 0 Å². The van der Waals surface area contributed by atoms with Gasteiger partial charge in [0.2, 0.25) is 0 Å². The first kappa shape index (κ1) is 15.5. The Morgan fingerprint density at radius 2 is 1.71 bits per heavy atom. The predicted octanol–water partition coefficient (Wildman–Crippen LogP) is 3.98. The van der Waals surface area contributed by atoms with E-state index in [0.717, 1.165) is 22.1 Å². The molecule has 0 saturated carbocycles. The fourth-order valence-electron chi connectivity index (χ4n) is 1.76. The fraction of sp³-hybridized carbons (Fsp3) is 0.250. The van der Waals surface area contributed by atoms with Crippen molar-refractivity contribution in [3.63, 3.8) is 0 Å². The topological polar surface area (TPSA) is 44.5 Å². The standard InChI is InChI=1S/C16H18FNO2S/c1-2-19-13-4-6-14(7-5-13)20-9-10-21-16-8-3-12(17)11-15(16)18/h3-8,11H,2,9-10,18H2,1H3. The Morgan fingerprint density at radius 3 is 2.33 bits per heavy atom. The van der Waals surface area contributed by atoms with Gasteiger partial charge < -0.3 is 15.2 Å². The molecule has 5 heteroatoms. The van der Waals surface area contributed by atoms with Crippen LogP contribution in [0.25, 0.3) is 0 Å². The van der Waals surface area contributed by atoms with Crippen LogP contribution in [0.2, 0.25) is 0 Å². The van der Waals surface area contributed by atoms with Crippen LogP contribution in [0, 0.1) is 5.82 Å². The van der Waals surface area contributed by atoms with Crippen molar-refractivity contribution in [2.45, 2.75) is 11.8 Å². The van der Waals surface area contributed by atoms with Crippen molar-refractivity contribution < 1.29 is 13.9 Å². The number of rotatable bonds is 7. The van der Waals surface area contributed by atoms with Gasteiger partial charge in [-0.05, 0) is 49.4 Å². The molecule has 2 aromatic rings. The van der Waals surface area contributed by atoms with Crippen LogP contribution in [-0.2, 0) is 0 Å². The van der Waals surface area contributed by atoms with Gasteiger partial charge in [-0.25, -0.2) is 4.39 Å². The van der Waals surface area contributed by atoms with Gasteiger partial charge in [-0.15, -0.1) is 11.8 Å². The molecule has 0 aromatic heterocycles. The molecule has 0 saturated heterocycles. The lowest BCUT2D eigenvalue weighted by Crippen LogP contribution is -2.01. The minimum Gasteiger partial charge on any atom is -0.494 e. The number of halogens is 1. The second-order valence-corrected chi connectivity index (χ2v) is 5.42. The number of thioether (sulfide) groups is 1. The number of ether oxygens (including phenoxy) is 2. The fourth-order valence-corrected chi connectivity index (χ4v) is 2.54. The Hall–Kier alpha value is -1.88. The van der Waals surface area contributed by atoms with E-state index in [2.05, 4.69) is 0 Å². The van der Waals surface area contributed by atoms with Crippen LogP contribution in [0.4, 0.5) is 10.1 Å². The Balaban J connectivity index is 1.76. The van der Waals surface area contributed by atoms with Gasteiger partial charge in [-0.1, -0.05) is 0 Å². The quantitative estimate of drug-likeness (QED) is 0.477. The highest BCUT2D eigenvalue weighted by Gasteiger charge is 2.02. The predicted molar refractivity (Wildman–Crippen MR) is 84.6 cm³/mol. The summed E-state index contributed by atoms with van der Waals surface area (Å²) in [6, 6.07) is 11.9. The maximum absolute atomic E-state index is 12.9. The number of hydrogen-bond acceptors (Lipinski definition) is 4. The van der Waals surface area contributed by atoms with Gasteiger partial charge in [0.15, 0.2) is 0 Å². The summed E-state index contributed by atoms with van der Waals surface area (Å²) in [5.41, 5.74) is 6.20. The maximum Gasteiger partial charge on any atom is 0.125 e. The molecule has 3 nitrogen and oxygen atoms in total. The highest BCUT2D eigenvalue weighted by molar-refractivity contribution is 7.99. The van der Waals surface area contributed by atoms with Gasteiger partial charge in [0, 0.05) is 16.3 Å². The van der Waals surface area contributed by atoms with E-state index in [-0.39, 0.29) is 5.82 Å². The van der Waals surface area contributed by atoms with E-state index in [1.165, 1.54) is 12.1 Å². The lowest BCUT2D eigenvalue weighted by Gasteiger charge is -2.08. The molecule has 21 heavy (non-hydrogen) atoms. The lowest BCUT2D eigenvalue weighted by atomic mass is 10.3. The number of nitrogens with two attached hydrogens (primary N) is 1. The molecule has 0 atom stereocenters. The normalized spacial score (nSPS) is 10.4. The van der Waals surface area contributed by atoms with E-state index < -0.39 is 0 Å². The monoisotopic (exact) mass is 307 g/mol. The molecule has 0 fully saturated rings. The van der Waals surface area contributed by atoms with Gasteiger partial charge in [-0.2, -0.15) is 0 Å². The lowest BCUT2D eigenvalue weighted by molar-refractivity contribution is 0.332. The Labute approximate surface area is 128 Å². The zero-order valence-electron chi connectivity index (χ0n) is 11.8. The van der Waals surface area contributed by atoms with Crippen LogP contribution in [0.15, 0.2) is 47.4 Å². The van der Waals surface area contributed by atoms with Gasteiger partial charge >= 0.3 is 0 Å². The Morgan fingerprint density at radius 1 is 1.05 bits per heavy atom. The highest BCUT2D eigenvalue weighted by atomic mass is 32.2. The molecule has 112 valence electrons. The van der Waals surface area contributed by atoms with E-state index in [1.807, 2.05) is 31.2 Å². The summed E-state index contributed by atoms with van der Waals surface area (Å²) in [7, 11) is 0. The summed E-state index contributed by atoms with van der Waals surface area (Å²) in [6.07, 6.45) is 0. The van der Waals surface area contributed by atoms with Crippen molar-refractivity contribution >= 4 is 17.4 Å². The highest BCUT2D eigenvalue weighted by Crippen LogP contribution is 2.25.